The van der Waals surface area contributed by atoms with Crippen LogP contribution in [0.4, 0.5) is 20.6 Å². The van der Waals surface area contributed by atoms with Gasteiger partial charge in [0.15, 0.2) is 0 Å². The maximum Gasteiger partial charge on any atom is 0.414 e. The van der Waals surface area contributed by atoms with E-state index < -0.39 is 18.0 Å². The summed E-state index contributed by atoms with van der Waals surface area (Å²) in [6.07, 6.45) is -1.01. The summed E-state index contributed by atoms with van der Waals surface area (Å²) < 4.78 is 19.8. The Labute approximate surface area is 152 Å². The van der Waals surface area contributed by atoms with Gasteiger partial charge in [0.05, 0.1) is 31.6 Å². The number of likely N-dealkylation sites (N-methyl/N-ethyl adjacent to an activating group) is 1. The standard InChI is InChI=1S/C17H25FN4O4/c1-4-21(8-7-20-25-3)16-6-5-13(9-15(16)18)22-11-14(26-17(22)24)10-19-12(2)23/h5-6,9,14,20H,4,7-8,10-11H2,1-3H3,(H,19,23)/t14-/m0/s1. The summed E-state index contributed by atoms with van der Waals surface area (Å²) in [4.78, 5) is 31.0. The Morgan fingerprint density at radius 2 is 2.27 bits per heavy atom. The van der Waals surface area contributed by atoms with E-state index in [1.54, 1.807) is 12.1 Å². The van der Waals surface area contributed by atoms with Crippen molar-refractivity contribution in [3.63, 3.8) is 0 Å². The molecule has 2 rings (SSSR count). The molecule has 144 valence electrons. The fourth-order valence-electron chi connectivity index (χ4n) is 2.75. The normalized spacial score (nSPS) is 16.5. The number of carbonyl (C=O) groups excluding carboxylic acids is 2. The second-order valence-corrected chi connectivity index (χ2v) is 5.87. The van der Waals surface area contributed by atoms with E-state index in [1.807, 2.05) is 11.8 Å². The molecule has 0 aromatic heterocycles. The highest BCUT2D eigenvalue weighted by Gasteiger charge is 2.32. The number of benzene rings is 1. The maximum absolute atomic E-state index is 14.6. The van der Waals surface area contributed by atoms with E-state index in [9.17, 15) is 14.0 Å². The van der Waals surface area contributed by atoms with Gasteiger partial charge in [-0.3, -0.25) is 9.69 Å². The molecule has 0 aliphatic carbocycles. The molecule has 1 aromatic carbocycles. The maximum atomic E-state index is 14.6. The Morgan fingerprint density at radius 1 is 1.50 bits per heavy atom. The van der Waals surface area contributed by atoms with Gasteiger partial charge in [-0.15, -0.1) is 0 Å². The zero-order chi connectivity index (χ0) is 19.1. The van der Waals surface area contributed by atoms with Gasteiger partial charge in [-0.05, 0) is 25.1 Å². The molecule has 0 saturated carbocycles. The van der Waals surface area contributed by atoms with Gasteiger partial charge in [0.2, 0.25) is 5.91 Å². The van der Waals surface area contributed by atoms with Crippen molar-refractivity contribution in [2.24, 2.45) is 0 Å². The van der Waals surface area contributed by atoms with Crippen molar-refractivity contribution in [2.45, 2.75) is 20.0 Å². The molecule has 1 fully saturated rings. The lowest BCUT2D eigenvalue weighted by atomic mass is 10.2. The van der Waals surface area contributed by atoms with Crippen LogP contribution in [-0.2, 0) is 14.4 Å². The lowest BCUT2D eigenvalue weighted by Gasteiger charge is -2.24. The van der Waals surface area contributed by atoms with Gasteiger partial charge < -0.3 is 19.8 Å². The minimum Gasteiger partial charge on any atom is -0.442 e. The lowest BCUT2D eigenvalue weighted by molar-refractivity contribution is -0.119. The van der Waals surface area contributed by atoms with E-state index in [1.165, 1.54) is 25.0 Å². The van der Waals surface area contributed by atoms with E-state index in [0.29, 0.717) is 31.0 Å². The van der Waals surface area contributed by atoms with Crippen molar-refractivity contribution < 1.29 is 23.6 Å². The molecule has 0 bridgehead atoms. The Bertz CT molecular complexity index is 643. The number of ether oxygens (including phenoxy) is 1. The average molecular weight is 368 g/mol. The summed E-state index contributed by atoms with van der Waals surface area (Å²) in [6.45, 7) is 5.57. The zero-order valence-electron chi connectivity index (χ0n) is 15.3. The topological polar surface area (TPSA) is 83.1 Å². The Kier molecular flexibility index (Phi) is 7.16. The molecule has 0 radical (unpaired) electrons. The number of halogens is 1. The fourth-order valence-corrected chi connectivity index (χ4v) is 2.75. The third kappa shape index (κ3) is 5.06. The lowest BCUT2D eigenvalue weighted by Crippen LogP contribution is -2.33. The molecule has 1 saturated heterocycles. The second kappa shape index (κ2) is 9.35. The van der Waals surface area contributed by atoms with Crippen LogP contribution in [0.25, 0.3) is 0 Å². The minimum atomic E-state index is -0.552. The highest BCUT2D eigenvalue weighted by molar-refractivity contribution is 5.90. The summed E-state index contributed by atoms with van der Waals surface area (Å²) >= 11 is 0. The number of carbonyl (C=O) groups is 2. The van der Waals surface area contributed by atoms with Crippen LogP contribution in [-0.4, -0.2) is 57.9 Å². The van der Waals surface area contributed by atoms with Crippen LogP contribution in [0.1, 0.15) is 13.8 Å². The molecule has 0 spiro atoms. The molecule has 0 unspecified atom stereocenters. The van der Waals surface area contributed by atoms with Gasteiger partial charge in [0.1, 0.15) is 11.9 Å². The van der Waals surface area contributed by atoms with Crippen molar-refractivity contribution in [1.82, 2.24) is 10.8 Å². The second-order valence-electron chi connectivity index (χ2n) is 5.87. The first-order valence-corrected chi connectivity index (χ1v) is 8.49. The molecule has 1 aromatic rings. The van der Waals surface area contributed by atoms with E-state index >= 15 is 0 Å². The number of anilines is 2. The van der Waals surface area contributed by atoms with Crippen LogP contribution in [0.2, 0.25) is 0 Å². The number of hydroxylamine groups is 1. The van der Waals surface area contributed by atoms with Gasteiger partial charge in [0, 0.05) is 26.6 Å². The molecule has 1 aliphatic rings. The van der Waals surface area contributed by atoms with E-state index in [-0.39, 0.29) is 19.0 Å². The zero-order valence-corrected chi connectivity index (χ0v) is 15.3. The molecule has 26 heavy (non-hydrogen) atoms. The molecule has 8 nitrogen and oxygen atoms in total. The van der Waals surface area contributed by atoms with E-state index in [4.69, 9.17) is 9.57 Å². The number of nitrogens with zero attached hydrogens (tertiary/aromatic N) is 2. The Hall–Kier alpha value is -2.39. The van der Waals surface area contributed by atoms with Gasteiger partial charge in [-0.1, -0.05) is 0 Å². The van der Waals surface area contributed by atoms with E-state index in [2.05, 4.69) is 10.8 Å². The first-order chi connectivity index (χ1) is 12.5. The highest BCUT2D eigenvalue weighted by atomic mass is 19.1. The van der Waals surface area contributed by atoms with Crippen LogP contribution in [0.5, 0.6) is 0 Å². The monoisotopic (exact) mass is 368 g/mol. The van der Waals surface area contributed by atoms with Gasteiger partial charge in [-0.2, -0.15) is 0 Å². The smallest absolute Gasteiger partial charge is 0.414 e. The summed E-state index contributed by atoms with van der Waals surface area (Å²) in [5, 5.41) is 2.61. The first kappa shape index (κ1) is 19.9. The molecular weight excluding hydrogens is 343 g/mol. The summed E-state index contributed by atoms with van der Waals surface area (Å²) in [5.74, 6) is -0.614. The van der Waals surface area contributed by atoms with Crippen LogP contribution < -0.4 is 20.6 Å². The Morgan fingerprint density at radius 3 is 2.88 bits per heavy atom. The van der Waals surface area contributed by atoms with E-state index in [0.717, 1.165) is 0 Å². The first-order valence-electron chi connectivity index (χ1n) is 8.49. The van der Waals surface area contributed by atoms with Crippen LogP contribution in [0.3, 0.4) is 0 Å². The molecule has 1 heterocycles. The van der Waals surface area contributed by atoms with Gasteiger partial charge in [0.25, 0.3) is 0 Å². The van der Waals surface area contributed by atoms with Crippen LogP contribution in [0.15, 0.2) is 18.2 Å². The molecule has 1 aliphatic heterocycles. The summed E-state index contributed by atoms with van der Waals surface area (Å²) in [5.41, 5.74) is 3.60. The largest absolute Gasteiger partial charge is 0.442 e. The van der Waals surface area contributed by atoms with Crippen molar-refractivity contribution in [1.29, 1.82) is 0 Å². The van der Waals surface area contributed by atoms with Crippen molar-refractivity contribution in [2.75, 3.05) is 49.6 Å². The third-order valence-corrected chi connectivity index (χ3v) is 4.05. The predicted octanol–water partition coefficient (Wildman–Crippen LogP) is 1.26. The summed E-state index contributed by atoms with van der Waals surface area (Å²) in [7, 11) is 1.53. The number of amides is 2. The van der Waals surface area contributed by atoms with Gasteiger partial charge >= 0.3 is 6.09 Å². The van der Waals surface area contributed by atoms with Gasteiger partial charge in [-0.25, -0.2) is 14.7 Å². The van der Waals surface area contributed by atoms with Crippen molar-refractivity contribution >= 4 is 23.4 Å². The van der Waals surface area contributed by atoms with Crippen LogP contribution >= 0.6 is 0 Å². The highest BCUT2D eigenvalue weighted by Crippen LogP contribution is 2.27. The minimum absolute atomic E-state index is 0.197. The van der Waals surface area contributed by atoms with Crippen LogP contribution in [0, 0.1) is 5.82 Å². The van der Waals surface area contributed by atoms with Crippen molar-refractivity contribution in [3.8, 4) is 0 Å². The number of nitrogens with one attached hydrogen (secondary N) is 2. The number of rotatable bonds is 9. The SMILES string of the molecule is CCN(CCNOC)c1ccc(N2C[C@H](CNC(C)=O)OC2=O)cc1F. The number of hydrogen-bond acceptors (Lipinski definition) is 6. The molecule has 2 amide bonds. The third-order valence-electron chi connectivity index (χ3n) is 4.05. The molecule has 9 heteroatoms. The quantitative estimate of drug-likeness (QED) is 0.504. The summed E-state index contributed by atoms with van der Waals surface area (Å²) in [6, 6.07) is 4.66. The number of cyclic esters (lactones) is 1. The van der Waals surface area contributed by atoms with Crippen molar-refractivity contribution in [3.05, 3.63) is 24.0 Å². The molecular formula is C17H25FN4O4. The Balaban J connectivity index is 2.06. The predicted molar refractivity (Wildman–Crippen MR) is 95.6 cm³/mol. The number of hydrogen-bond donors (Lipinski definition) is 2. The molecule has 1 atom stereocenters. The molecule has 2 N–H and O–H groups in total. The average Bonchev–Trinajstić information content (AvgIpc) is 2.98. The fraction of sp³-hybridized carbons (Fsp3) is 0.529.